The van der Waals surface area contributed by atoms with E-state index in [1.54, 1.807) is 24.4 Å². The van der Waals surface area contributed by atoms with Gasteiger partial charge in [-0.2, -0.15) is 0 Å². The van der Waals surface area contributed by atoms with Gasteiger partial charge in [0.2, 0.25) is 15.9 Å². The van der Waals surface area contributed by atoms with Crippen LogP contribution in [0.2, 0.25) is 0 Å². The van der Waals surface area contributed by atoms with Crippen LogP contribution >= 0.6 is 0 Å². The number of aryl methyl sites for hydroxylation is 3. The monoisotopic (exact) mass is 582 g/mol. The number of nitrogens with one attached hydrogen (secondary N) is 1. The predicted octanol–water partition coefficient (Wildman–Crippen LogP) is 6.06. The molecule has 1 aromatic heterocycles. The molecule has 1 saturated carbocycles. The van der Waals surface area contributed by atoms with Crippen molar-refractivity contribution in [3.8, 4) is 0 Å². The minimum Gasteiger partial charge on any atom is -0.337 e. The highest BCUT2D eigenvalue weighted by molar-refractivity contribution is 7.89. The van der Waals surface area contributed by atoms with Crippen molar-refractivity contribution in [2.75, 3.05) is 4.90 Å². The van der Waals surface area contributed by atoms with E-state index in [0.717, 1.165) is 41.0 Å². The zero-order valence-corrected chi connectivity index (χ0v) is 25.4. The van der Waals surface area contributed by atoms with Gasteiger partial charge in [-0.15, -0.1) is 0 Å². The summed E-state index contributed by atoms with van der Waals surface area (Å²) in [5.41, 5.74) is 4.69. The molecule has 0 unspecified atom stereocenters. The maximum absolute atomic E-state index is 14.4. The van der Waals surface area contributed by atoms with Crippen LogP contribution in [0.25, 0.3) is 0 Å². The molecule has 8 heteroatoms. The van der Waals surface area contributed by atoms with Crippen LogP contribution in [0.5, 0.6) is 0 Å². The van der Waals surface area contributed by atoms with Crippen LogP contribution in [0.15, 0.2) is 90.1 Å². The van der Waals surface area contributed by atoms with Gasteiger partial charge >= 0.3 is 0 Å². The smallest absolute Gasteiger partial charge is 0.241 e. The number of sulfonamides is 1. The number of carbonyl (C=O) groups is 1. The van der Waals surface area contributed by atoms with Gasteiger partial charge in [0, 0.05) is 37.1 Å². The van der Waals surface area contributed by atoms with Crippen LogP contribution in [0.4, 0.5) is 5.69 Å². The first-order valence-corrected chi connectivity index (χ1v) is 16.1. The van der Waals surface area contributed by atoms with Gasteiger partial charge in [-0.25, -0.2) is 18.1 Å². The lowest BCUT2D eigenvalue weighted by Crippen LogP contribution is -2.35. The maximum Gasteiger partial charge on any atom is 0.241 e. The maximum atomic E-state index is 14.4. The highest BCUT2D eigenvalue weighted by atomic mass is 32.2. The Hall–Kier alpha value is -3.75. The lowest BCUT2D eigenvalue weighted by molar-refractivity contribution is -0.120. The van der Waals surface area contributed by atoms with Gasteiger partial charge < -0.3 is 9.47 Å². The summed E-state index contributed by atoms with van der Waals surface area (Å²) in [5, 5.41) is 0. The summed E-state index contributed by atoms with van der Waals surface area (Å²) in [6, 6.07) is 22.9. The molecule has 1 amide bonds. The summed E-state index contributed by atoms with van der Waals surface area (Å²) < 4.78 is 31.7. The van der Waals surface area contributed by atoms with Gasteiger partial charge in [-0.3, -0.25) is 4.79 Å². The molecule has 3 atom stereocenters. The number of imidazole rings is 1. The molecule has 3 aromatic carbocycles. The van der Waals surface area contributed by atoms with Gasteiger partial charge in [-0.1, -0.05) is 62.4 Å². The third kappa shape index (κ3) is 5.29. The van der Waals surface area contributed by atoms with Crippen molar-refractivity contribution in [2.45, 2.75) is 63.4 Å². The van der Waals surface area contributed by atoms with Crippen molar-refractivity contribution in [1.29, 1.82) is 0 Å². The summed E-state index contributed by atoms with van der Waals surface area (Å²) in [5.74, 6) is 0.797. The summed E-state index contributed by atoms with van der Waals surface area (Å²) >= 11 is 0. The highest BCUT2D eigenvalue weighted by Crippen LogP contribution is 2.65. The van der Waals surface area contributed by atoms with Crippen molar-refractivity contribution < 1.29 is 13.2 Å². The van der Waals surface area contributed by atoms with Crippen LogP contribution < -0.4 is 9.62 Å². The molecule has 1 fully saturated rings. The molecule has 7 nitrogen and oxygen atoms in total. The van der Waals surface area contributed by atoms with E-state index in [0.29, 0.717) is 13.0 Å². The van der Waals surface area contributed by atoms with Crippen LogP contribution in [0.1, 0.15) is 66.7 Å². The van der Waals surface area contributed by atoms with Crippen molar-refractivity contribution in [3.05, 3.63) is 113 Å². The Bertz CT molecular complexity index is 1730. The average molecular weight is 583 g/mol. The number of anilines is 1. The Morgan fingerprint density at radius 1 is 1.07 bits per heavy atom. The summed E-state index contributed by atoms with van der Waals surface area (Å²) in [4.78, 5) is 21.1. The van der Waals surface area contributed by atoms with Gasteiger partial charge in [0.15, 0.2) is 0 Å². The zero-order valence-electron chi connectivity index (χ0n) is 24.6. The minimum absolute atomic E-state index is 0.0597. The van der Waals surface area contributed by atoms with Crippen molar-refractivity contribution in [3.63, 3.8) is 0 Å². The SMILES string of the molecule is Cc1cccc(S(=O)(=O)N[C@@H]2CCCc3ccc(N(Cc4nccn4C)C(=O)[C@@H]4[C@H](c5ccccc5)C4(C)C)cc32)c1. The standard InChI is InChI=1S/C34H38N4O3S/c1-23-10-8-14-27(20-23)42(40,41)36-29-15-9-13-24-16-17-26(21-28(24)29)38(22-30-35-18-19-37(30)4)33(39)32-31(34(32,2)3)25-11-6-5-7-12-25/h5-8,10-12,14,16-21,29,31-32,36H,9,13,15,22H2,1-4H3/t29-,31+,32+/m1/s1. The molecule has 1 N–H and O–H groups in total. The normalized spacial score (nSPS) is 21.0. The Balaban J connectivity index is 1.35. The molecule has 6 rings (SSSR count). The summed E-state index contributed by atoms with van der Waals surface area (Å²) in [7, 11) is -1.79. The third-order valence-corrected chi connectivity index (χ3v) is 10.6. The van der Waals surface area contributed by atoms with E-state index < -0.39 is 10.0 Å². The predicted molar refractivity (Wildman–Crippen MR) is 164 cm³/mol. The molecule has 218 valence electrons. The minimum atomic E-state index is -3.72. The fraction of sp³-hybridized carbons (Fsp3) is 0.353. The van der Waals surface area contributed by atoms with Crippen LogP contribution in [0, 0.1) is 18.3 Å². The molecule has 0 spiro atoms. The topological polar surface area (TPSA) is 84.3 Å². The van der Waals surface area contributed by atoms with Crippen LogP contribution in [-0.2, 0) is 34.8 Å². The number of benzene rings is 3. The first-order valence-electron chi connectivity index (χ1n) is 14.6. The Morgan fingerprint density at radius 3 is 2.57 bits per heavy atom. The number of carbonyl (C=O) groups excluding carboxylic acids is 1. The van der Waals surface area contributed by atoms with E-state index in [1.165, 1.54) is 5.56 Å². The number of fused-ring (bicyclic) bond motifs is 1. The molecule has 0 saturated heterocycles. The lowest BCUT2D eigenvalue weighted by Gasteiger charge is -2.30. The largest absolute Gasteiger partial charge is 0.337 e. The van der Waals surface area contributed by atoms with Gasteiger partial charge in [-0.05, 0) is 78.1 Å². The molecule has 42 heavy (non-hydrogen) atoms. The molecule has 0 aliphatic heterocycles. The molecule has 0 bridgehead atoms. The average Bonchev–Trinajstić information content (AvgIpc) is 3.32. The summed E-state index contributed by atoms with van der Waals surface area (Å²) in [6.45, 7) is 6.54. The Labute approximate surface area is 248 Å². The lowest BCUT2D eigenvalue weighted by atomic mass is 9.87. The van der Waals surface area contributed by atoms with Crippen molar-refractivity contribution >= 4 is 21.6 Å². The van der Waals surface area contributed by atoms with Crippen LogP contribution in [-0.4, -0.2) is 23.9 Å². The highest BCUT2D eigenvalue weighted by Gasteiger charge is 2.63. The number of hydrogen-bond donors (Lipinski definition) is 1. The summed E-state index contributed by atoms with van der Waals surface area (Å²) in [6.07, 6.45) is 6.08. The molecule has 4 aromatic rings. The Morgan fingerprint density at radius 2 is 1.86 bits per heavy atom. The number of nitrogens with zero attached hydrogens (tertiary/aromatic N) is 3. The third-order valence-electron chi connectivity index (χ3n) is 9.09. The van der Waals surface area contributed by atoms with E-state index in [2.05, 4.69) is 41.8 Å². The second kappa shape index (κ2) is 10.8. The molecule has 0 radical (unpaired) electrons. The molecule has 1 heterocycles. The number of rotatable bonds is 8. The first-order chi connectivity index (χ1) is 20.1. The van der Waals surface area contributed by atoms with Gasteiger partial charge in [0.25, 0.3) is 0 Å². The number of hydrogen-bond acceptors (Lipinski definition) is 4. The van der Waals surface area contributed by atoms with Crippen LogP contribution in [0.3, 0.4) is 0 Å². The zero-order chi connectivity index (χ0) is 29.6. The molecular weight excluding hydrogens is 544 g/mol. The van der Waals surface area contributed by atoms with Crippen molar-refractivity contribution in [1.82, 2.24) is 14.3 Å². The van der Waals surface area contributed by atoms with Gasteiger partial charge in [0.1, 0.15) is 5.82 Å². The fourth-order valence-corrected chi connectivity index (χ4v) is 8.00. The van der Waals surface area contributed by atoms with E-state index >= 15 is 0 Å². The van der Waals surface area contributed by atoms with E-state index in [4.69, 9.17) is 0 Å². The second-order valence-corrected chi connectivity index (χ2v) is 14.0. The van der Waals surface area contributed by atoms with E-state index in [1.807, 2.05) is 66.0 Å². The van der Waals surface area contributed by atoms with E-state index in [-0.39, 0.29) is 34.1 Å². The number of amides is 1. The number of aromatic nitrogens is 2. The molecule has 2 aliphatic rings. The van der Waals surface area contributed by atoms with E-state index in [9.17, 15) is 13.2 Å². The fourth-order valence-electron chi connectivity index (χ4n) is 6.65. The molecular formula is C34H38N4O3S. The molecule has 2 aliphatic carbocycles. The quantitative estimate of drug-likeness (QED) is 0.274. The first kappa shape index (κ1) is 28.4. The second-order valence-electron chi connectivity index (χ2n) is 12.3. The van der Waals surface area contributed by atoms with Gasteiger partial charge in [0.05, 0.1) is 17.4 Å². The Kier molecular flexibility index (Phi) is 7.31. The van der Waals surface area contributed by atoms with Crippen molar-refractivity contribution in [2.24, 2.45) is 18.4 Å².